The number of nitrogens with zero attached hydrogens (tertiary/aromatic N) is 1. The Balaban J connectivity index is 0.00000512. The Hall–Kier alpha value is -2.97. The molecule has 0 bridgehead atoms. The molecule has 0 saturated heterocycles. The van der Waals surface area contributed by atoms with Crippen LogP contribution in [0.1, 0.15) is 43.5 Å². The minimum Gasteiger partial charge on any atom is -0.370 e. The number of benzene rings is 2. The molecular weight excluding hydrogens is 430 g/mol. The summed E-state index contributed by atoms with van der Waals surface area (Å²) in [6.45, 7) is 4.23. The van der Waals surface area contributed by atoms with E-state index in [1.807, 2.05) is 44.2 Å². The van der Waals surface area contributed by atoms with E-state index in [0.29, 0.717) is 31.2 Å². The summed E-state index contributed by atoms with van der Waals surface area (Å²) in [6.07, 6.45) is 1.69. The number of aldehydes is 1. The first-order valence-corrected chi connectivity index (χ1v) is 10.4. The van der Waals surface area contributed by atoms with Crippen molar-refractivity contribution in [1.29, 1.82) is 5.41 Å². The van der Waals surface area contributed by atoms with Crippen LogP contribution in [0.3, 0.4) is 0 Å². The second-order valence-corrected chi connectivity index (χ2v) is 8.00. The molecule has 0 aliphatic carbocycles. The highest BCUT2D eigenvalue weighted by atomic mass is 35.5. The SMILES string of the molecule is CC(C)C[C@H](N)C(=O)N(C(=O)c1ccc2ccccc2c1)[C@H](C=O)CCCNC(=N)N.Cl. The third-order valence-electron chi connectivity index (χ3n) is 4.98. The van der Waals surface area contributed by atoms with Crippen molar-refractivity contribution in [2.45, 2.75) is 45.2 Å². The van der Waals surface area contributed by atoms with Crippen molar-refractivity contribution in [2.75, 3.05) is 6.54 Å². The van der Waals surface area contributed by atoms with Gasteiger partial charge in [-0.25, -0.2) is 0 Å². The second kappa shape index (κ2) is 12.8. The van der Waals surface area contributed by atoms with E-state index < -0.39 is 23.9 Å². The second-order valence-electron chi connectivity index (χ2n) is 8.00. The summed E-state index contributed by atoms with van der Waals surface area (Å²) >= 11 is 0. The molecule has 32 heavy (non-hydrogen) atoms. The van der Waals surface area contributed by atoms with Crippen molar-refractivity contribution in [3.05, 3.63) is 48.0 Å². The number of imide groups is 1. The molecule has 8 nitrogen and oxygen atoms in total. The van der Waals surface area contributed by atoms with Crippen molar-refractivity contribution < 1.29 is 14.4 Å². The number of fused-ring (bicyclic) bond motifs is 1. The van der Waals surface area contributed by atoms with Crippen LogP contribution in [0.25, 0.3) is 10.8 Å². The van der Waals surface area contributed by atoms with Crippen LogP contribution in [0.5, 0.6) is 0 Å². The van der Waals surface area contributed by atoms with Gasteiger partial charge < -0.3 is 21.6 Å². The van der Waals surface area contributed by atoms with Gasteiger partial charge in [0.05, 0.1) is 12.1 Å². The molecule has 2 rings (SSSR count). The van der Waals surface area contributed by atoms with E-state index in [9.17, 15) is 14.4 Å². The number of nitrogens with one attached hydrogen (secondary N) is 2. The number of hydrogen-bond donors (Lipinski definition) is 4. The van der Waals surface area contributed by atoms with Crippen molar-refractivity contribution in [1.82, 2.24) is 10.2 Å². The van der Waals surface area contributed by atoms with Crippen LogP contribution in [0.2, 0.25) is 0 Å². The number of carbonyl (C=O) groups excluding carboxylic acids is 3. The van der Waals surface area contributed by atoms with Gasteiger partial charge in [-0.3, -0.25) is 19.9 Å². The molecular formula is C23H32ClN5O3. The Kier molecular flexibility index (Phi) is 10.8. The molecule has 0 saturated carbocycles. The summed E-state index contributed by atoms with van der Waals surface area (Å²) in [6, 6.07) is 10.9. The predicted molar refractivity (Wildman–Crippen MR) is 129 cm³/mol. The van der Waals surface area contributed by atoms with Gasteiger partial charge in [-0.05, 0) is 48.1 Å². The molecule has 0 unspecified atom stereocenters. The molecule has 174 valence electrons. The molecule has 2 atom stereocenters. The average Bonchev–Trinajstić information content (AvgIpc) is 2.74. The zero-order valence-corrected chi connectivity index (χ0v) is 19.2. The number of carbonyl (C=O) groups is 3. The number of hydrogen-bond acceptors (Lipinski definition) is 5. The Labute approximate surface area is 194 Å². The van der Waals surface area contributed by atoms with Crippen LogP contribution in [0.15, 0.2) is 42.5 Å². The quantitative estimate of drug-likeness (QED) is 0.185. The predicted octanol–water partition coefficient (Wildman–Crippen LogP) is 2.43. The first kappa shape index (κ1) is 27.1. The fraction of sp³-hybridized carbons (Fsp3) is 0.391. The molecule has 2 amide bonds. The van der Waals surface area contributed by atoms with Gasteiger partial charge in [-0.15, -0.1) is 12.4 Å². The summed E-state index contributed by atoms with van der Waals surface area (Å²) in [5.74, 6) is -1.14. The molecule has 6 N–H and O–H groups in total. The van der Waals surface area contributed by atoms with Gasteiger partial charge in [0.1, 0.15) is 6.29 Å². The summed E-state index contributed by atoms with van der Waals surface area (Å²) in [5.41, 5.74) is 11.7. The average molecular weight is 462 g/mol. The topological polar surface area (TPSA) is 142 Å². The molecule has 0 spiro atoms. The van der Waals surface area contributed by atoms with Gasteiger partial charge in [-0.1, -0.05) is 44.2 Å². The molecule has 0 heterocycles. The number of guanidine groups is 1. The lowest BCUT2D eigenvalue weighted by atomic mass is 10.0. The molecule has 9 heteroatoms. The zero-order valence-electron chi connectivity index (χ0n) is 18.4. The van der Waals surface area contributed by atoms with Gasteiger partial charge >= 0.3 is 0 Å². The maximum atomic E-state index is 13.4. The highest BCUT2D eigenvalue weighted by molar-refractivity contribution is 6.09. The first-order valence-electron chi connectivity index (χ1n) is 10.4. The fourth-order valence-corrected chi connectivity index (χ4v) is 3.46. The maximum Gasteiger partial charge on any atom is 0.261 e. The lowest BCUT2D eigenvalue weighted by Crippen LogP contribution is -2.52. The van der Waals surface area contributed by atoms with Gasteiger partial charge in [0.15, 0.2) is 5.96 Å². The molecule has 0 aromatic heterocycles. The van der Waals surface area contributed by atoms with E-state index >= 15 is 0 Å². The molecule has 0 fully saturated rings. The van der Waals surface area contributed by atoms with Crippen LogP contribution in [-0.4, -0.2) is 47.6 Å². The number of rotatable bonds is 10. The standard InChI is InChI=1S/C23H31N5O3.ClH/c1-15(2)12-20(24)22(31)28(19(14-29)8-5-11-27-23(25)26)21(30)18-10-9-16-6-3-4-7-17(16)13-18;/h3-4,6-7,9-10,13-15,19-20H,5,8,11-12,24H2,1-2H3,(H4,25,26,27);1H/t19-,20-;/m0./s1. The van der Waals surface area contributed by atoms with Crippen LogP contribution in [0, 0.1) is 11.3 Å². The molecule has 2 aromatic carbocycles. The Morgan fingerprint density at radius 1 is 1.16 bits per heavy atom. The Morgan fingerprint density at radius 3 is 2.41 bits per heavy atom. The molecule has 0 aliphatic heterocycles. The Morgan fingerprint density at radius 2 is 1.81 bits per heavy atom. The lowest BCUT2D eigenvalue weighted by molar-refractivity contribution is -0.135. The lowest BCUT2D eigenvalue weighted by Gasteiger charge is -2.29. The van der Waals surface area contributed by atoms with Crippen LogP contribution < -0.4 is 16.8 Å². The van der Waals surface area contributed by atoms with Gasteiger partial charge in [0.25, 0.3) is 5.91 Å². The van der Waals surface area contributed by atoms with Crippen molar-refractivity contribution in [3.8, 4) is 0 Å². The van der Waals surface area contributed by atoms with E-state index in [2.05, 4.69) is 5.32 Å². The highest BCUT2D eigenvalue weighted by Gasteiger charge is 2.33. The van der Waals surface area contributed by atoms with Crippen LogP contribution >= 0.6 is 12.4 Å². The third-order valence-corrected chi connectivity index (χ3v) is 4.98. The number of nitrogens with two attached hydrogens (primary N) is 2. The van der Waals surface area contributed by atoms with E-state index in [0.717, 1.165) is 15.7 Å². The summed E-state index contributed by atoms with van der Waals surface area (Å²) in [4.78, 5) is 39.4. The zero-order chi connectivity index (χ0) is 23.0. The van der Waals surface area contributed by atoms with Gasteiger partial charge in [-0.2, -0.15) is 0 Å². The van der Waals surface area contributed by atoms with Gasteiger partial charge in [0, 0.05) is 12.1 Å². The summed E-state index contributed by atoms with van der Waals surface area (Å²) < 4.78 is 0. The first-order chi connectivity index (χ1) is 14.7. The number of amides is 2. The smallest absolute Gasteiger partial charge is 0.261 e. The van der Waals surface area contributed by atoms with E-state index in [1.165, 1.54) is 0 Å². The van der Waals surface area contributed by atoms with E-state index in [4.69, 9.17) is 16.9 Å². The largest absolute Gasteiger partial charge is 0.370 e. The minimum atomic E-state index is -0.960. The van der Waals surface area contributed by atoms with Crippen LogP contribution in [-0.2, 0) is 9.59 Å². The van der Waals surface area contributed by atoms with Crippen LogP contribution in [0.4, 0.5) is 0 Å². The maximum absolute atomic E-state index is 13.4. The molecule has 2 aromatic rings. The van der Waals surface area contributed by atoms with Gasteiger partial charge in [0.2, 0.25) is 5.91 Å². The normalized spacial score (nSPS) is 12.5. The minimum absolute atomic E-state index is 0. The van der Waals surface area contributed by atoms with E-state index in [1.54, 1.807) is 12.1 Å². The highest BCUT2D eigenvalue weighted by Crippen LogP contribution is 2.20. The van der Waals surface area contributed by atoms with E-state index in [-0.39, 0.29) is 30.7 Å². The monoisotopic (exact) mass is 461 g/mol. The summed E-state index contributed by atoms with van der Waals surface area (Å²) in [7, 11) is 0. The number of halogens is 1. The fourth-order valence-electron chi connectivity index (χ4n) is 3.46. The summed E-state index contributed by atoms with van der Waals surface area (Å²) in [5, 5.41) is 11.7. The van der Waals surface area contributed by atoms with Crippen molar-refractivity contribution in [2.24, 2.45) is 17.4 Å². The molecule has 0 aliphatic rings. The van der Waals surface area contributed by atoms with Crippen molar-refractivity contribution >= 4 is 47.2 Å². The third kappa shape index (κ3) is 7.32. The Bertz CT molecular complexity index is 950. The van der Waals surface area contributed by atoms with Crippen molar-refractivity contribution in [3.63, 3.8) is 0 Å². The molecule has 0 radical (unpaired) electrons.